The molecule has 1 fully saturated rings. The number of aliphatic imine (C=N–C) groups is 1. The van der Waals surface area contributed by atoms with Crippen LogP contribution in [0.25, 0.3) is 5.69 Å². The van der Waals surface area contributed by atoms with E-state index in [9.17, 15) is 4.39 Å². The second-order valence-electron chi connectivity index (χ2n) is 8.10. The molecule has 4 rings (SSSR count). The molecular weight excluding hydrogens is 530 g/mol. The Hall–Kier alpha value is -2.46. The zero-order valence-electron chi connectivity index (χ0n) is 19.0. The number of guanidine groups is 1. The molecule has 0 unspecified atom stereocenters. The van der Waals surface area contributed by atoms with Crippen LogP contribution in [-0.4, -0.2) is 40.0 Å². The Morgan fingerprint density at radius 2 is 1.76 bits per heavy atom. The molecule has 2 heterocycles. The van der Waals surface area contributed by atoms with Crippen LogP contribution in [0.4, 0.5) is 4.39 Å². The van der Waals surface area contributed by atoms with Crippen molar-refractivity contribution in [2.24, 2.45) is 4.99 Å². The zero-order chi connectivity index (χ0) is 22.2. The lowest BCUT2D eigenvalue weighted by atomic mass is 10.1. The van der Waals surface area contributed by atoms with E-state index in [0.717, 1.165) is 18.7 Å². The summed E-state index contributed by atoms with van der Waals surface area (Å²) < 4.78 is 16.1. The monoisotopic (exact) mass is 562 g/mol. The summed E-state index contributed by atoms with van der Waals surface area (Å²) in [5.74, 6) is 0.426. The molecule has 1 aliphatic heterocycles. The third kappa shape index (κ3) is 7.26. The van der Waals surface area contributed by atoms with E-state index in [2.05, 4.69) is 49.8 Å². The van der Waals surface area contributed by atoms with Crippen LogP contribution in [-0.2, 0) is 19.6 Å². The molecule has 2 N–H and O–H groups in total. The molecule has 0 spiro atoms. The Balaban J connectivity index is 0.00000306. The van der Waals surface area contributed by atoms with Crippen LogP contribution in [0.2, 0.25) is 0 Å². The number of rotatable bonds is 8. The maximum absolute atomic E-state index is 14.5. The first kappa shape index (κ1) is 25.2. The highest BCUT2D eigenvalue weighted by Gasteiger charge is 2.11. The Morgan fingerprint density at radius 1 is 1.03 bits per heavy atom. The SMILES string of the molecule is CCNC(=NCc1ccc(-n2ccnc2)c(F)c1)NCc1ccc(CN2CCCC2)cc1.I. The van der Waals surface area contributed by atoms with Gasteiger partial charge in [0.25, 0.3) is 0 Å². The van der Waals surface area contributed by atoms with Crippen LogP contribution in [0.15, 0.2) is 66.2 Å². The fourth-order valence-corrected chi connectivity index (χ4v) is 3.92. The van der Waals surface area contributed by atoms with Crippen molar-refractivity contribution in [1.82, 2.24) is 25.1 Å². The molecule has 1 aliphatic rings. The molecule has 2 aromatic carbocycles. The summed E-state index contributed by atoms with van der Waals surface area (Å²) in [4.78, 5) is 11.1. The van der Waals surface area contributed by atoms with E-state index in [1.807, 2.05) is 13.0 Å². The molecule has 0 aliphatic carbocycles. The average molecular weight is 562 g/mol. The Bertz CT molecular complexity index is 1010. The fourth-order valence-electron chi connectivity index (χ4n) is 3.92. The van der Waals surface area contributed by atoms with Gasteiger partial charge in [0.2, 0.25) is 0 Å². The molecule has 1 saturated heterocycles. The second kappa shape index (κ2) is 12.7. The van der Waals surface area contributed by atoms with Gasteiger partial charge in [-0.15, -0.1) is 24.0 Å². The van der Waals surface area contributed by atoms with Crippen molar-refractivity contribution in [2.75, 3.05) is 19.6 Å². The van der Waals surface area contributed by atoms with Gasteiger partial charge in [-0.05, 0) is 61.7 Å². The van der Waals surface area contributed by atoms with E-state index in [0.29, 0.717) is 24.7 Å². The summed E-state index contributed by atoms with van der Waals surface area (Å²) >= 11 is 0. The van der Waals surface area contributed by atoms with Crippen LogP contribution < -0.4 is 10.6 Å². The minimum absolute atomic E-state index is 0. The Morgan fingerprint density at radius 3 is 2.42 bits per heavy atom. The maximum atomic E-state index is 14.5. The quantitative estimate of drug-likeness (QED) is 0.242. The van der Waals surface area contributed by atoms with E-state index in [1.165, 1.54) is 43.1 Å². The molecule has 3 aromatic rings. The van der Waals surface area contributed by atoms with Crippen molar-refractivity contribution >= 4 is 29.9 Å². The van der Waals surface area contributed by atoms with Crippen LogP contribution in [0.5, 0.6) is 0 Å². The molecule has 33 heavy (non-hydrogen) atoms. The van der Waals surface area contributed by atoms with E-state index in [-0.39, 0.29) is 29.8 Å². The summed E-state index contributed by atoms with van der Waals surface area (Å²) in [7, 11) is 0. The highest BCUT2D eigenvalue weighted by molar-refractivity contribution is 14.0. The van der Waals surface area contributed by atoms with Gasteiger partial charge in [0.15, 0.2) is 5.96 Å². The lowest BCUT2D eigenvalue weighted by Crippen LogP contribution is -2.36. The van der Waals surface area contributed by atoms with Gasteiger partial charge >= 0.3 is 0 Å². The first-order chi connectivity index (χ1) is 15.7. The van der Waals surface area contributed by atoms with Gasteiger partial charge in [0, 0.05) is 32.0 Å². The number of likely N-dealkylation sites (tertiary alicyclic amines) is 1. The van der Waals surface area contributed by atoms with Gasteiger partial charge in [-0.3, -0.25) is 4.90 Å². The predicted molar refractivity (Wildman–Crippen MR) is 142 cm³/mol. The lowest BCUT2D eigenvalue weighted by Gasteiger charge is -2.15. The van der Waals surface area contributed by atoms with Gasteiger partial charge in [-0.25, -0.2) is 14.4 Å². The molecule has 6 nitrogen and oxygen atoms in total. The molecule has 0 radical (unpaired) electrons. The van der Waals surface area contributed by atoms with Crippen LogP contribution in [0.1, 0.15) is 36.5 Å². The van der Waals surface area contributed by atoms with Gasteiger partial charge in [-0.1, -0.05) is 30.3 Å². The topological polar surface area (TPSA) is 57.5 Å². The largest absolute Gasteiger partial charge is 0.357 e. The van der Waals surface area contributed by atoms with Crippen molar-refractivity contribution < 1.29 is 4.39 Å². The number of imidazole rings is 1. The number of hydrogen-bond acceptors (Lipinski definition) is 3. The van der Waals surface area contributed by atoms with E-state index >= 15 is 0 Å². The second-order valence-corrected chi connectivity index (χ2v) is 8.10. The first-order valence-electron chi connectivity index (χ1n) is 11.3. The molecule has 0 bridgehead atoms. The number of nitrogens with zero attached hydrogens (tertiary/aromatic N) is 4. The van der Waals surface area contributed by atoms with E-state index < -0.39 is 0 Å². The third-order valence-corrected chi connectivity index (χ3v) is 5.65. The number of halogens is 2. The highest BCUT2D eigenvalue weighted by atomic mass is 127. The van der Waals surface area contributed by atoms with E-state index in [1.54, 1.807) is 29.4 Å². The predicted octanol–water partition coefficient (Wildman–Crippen LogP) is 4.48. The third-order valence-electron chi connectivity index (χ3n) is 5.65. The van der Waals surface area contributed by atoms with Crippen LogP contribution in [0, 0.1) is 5.82 Å². The Kier molecular flexibility index (Phi) is 9.68. The number of aromatic nitrogens is 2. The lowest BCUT2D eigenvalue weighted by molar-refractivity contribution is 0.331. The normalized spacial score (nSPS) is 14.2. The first-order valence-corrected chi connectivity index (χ1v) is 11.3. The van der Waals surface area contributed by atoms with Crippen molar-refractivity contribution in [3.05, 3.63) is 83.7 Å². The minimum Gasteiger partial charge on any atom is -0.357 e. The van der Waals surface area contributed by atoms with Gasteiger partial charge in [0.1, 0.15) is 5.82 Å². The van der Waals surface area contributed by atoms with Crippen LogP contribution >= 0.6 is 24.0 Å². The molecular formula is C25H32FIN6. The number of nitrogens with one attached hydrogen (secondary N) is 2. The van der Waals surface area contributed by atoms with Crippen LogP contribution in [0.3, 0.4) is 0 Å². The van der Waals surface area contributed by atoms with Gasteiger partial charge < -0.3 is 15.2 Å². The molecule has 1 aromatic heterocycles. The molecule has 0 saturated carbocycles. The minimum atomic E-state index is -0.289. The summed E-state index contributed by atoms with van der Waals surface area (Å²) in [6.07, 6.45) is 7.57. The molecule has 8 heteroatoms. The van der Waals surface area contributed by atoms with Crippen molar-refractivity contribution in [1.29, 1.82) is 0 Å². The Labute approximate surface area is 212 Å². The number of benzene rings is 2. The summed E-state index contributed by atoms with van der Waals surface area (Å²) in [5.41, 5.74) is 3.86. The van der Waals surface area contributed by atoms with Gasteiger partial charge in [-0.2, -0.15) is 0 Å². The van der Waals surface area contributed by atoms with Gasteiger partial charge in [0.05, 0.1) is 18.6 Å². The average Bonchev–Trinajstić information content (AvgIpc) is 3.51. The standard InChI is InChI=1S/C25H31FN6.HI/c1-2-28-25(29-16-20-5-7-21(8-6-20)18-31-12-3-4-13-31)30-17-22-9-10-24(23(26)15-22)32-14-11-27-19-32;/h5-11,14-15,19H,2-4,12-13,16-18H2,1H3,(H2,28,29,30);1H. The molecule has 0 atom stereocenters. The van der Waals surface area contributed by atoms with E-state index in [4.69, 9.17) is 0 Å². The smallest absolute Gasteiger partial charge is 0.191 e. The fraction of sp³-hybridized carbons (Fsp3) is 0.360. The number of hydrogen-bond donors (Lipinski definition) is 2. The summed E-state index contributed by atoms with van der Waals surface area (Å²) in [5, 5.41) is 6.63. The molecule has 0 amide bonds. The summed E-state index contributed by atoms with van der Waals surface area (Å²) in [6.45, 7) is 7.32. The maximum Gasteiger partial charge on any atom is 0.191 e. The van der Waals surface area contributed by atoms with Crippen molar-refractivity contribution in [3.8, 4) is 5.69 Å². The zero-order valence-corrected chi connectivity index (χ0v) is 21.3. The molecule has 176 valence electrons. The highest BCUT2D eigenvalue weighted by Crippen LogP contribution is 2.16. The van der Waals surface area contributed by atoms with Crippen molar-refractivity contribution in [2.45, 2.75) is 39.4 Å². The van der Waals surface area contributed by atoms with Crippen molar-refractivity contribution in [3.63, 3.8) is 0 Å². The summed E-state index contributed by atoms with van der Waals surface area (Å²) in [6, 6.07) is 13.9.